The van der Waals surface area contributed by atoms with Gasteiger partial charge in [-0.15, -0.1) is 0 Å². The maximum atomic E-state index is 12.0. The first-order chi connectivity index (χ1) is 10.9. The first-order valence-electron chi connectivity index (χ1n) is 7.67. The molecular weight excluding hydrogens is 292 g/mol. The zero-order chi connectivity index (χ0) is 17.2. The molecule has 23 heavy (non-hydrogen) atoms. The normalized spacial score (nSPS) is 13.8. The number of hydrogen-bond acceptors (Lipinski definition) is 4. The van der Waals surface area contributed by atoms with Crippen LogP contribution in [0.25, 0.3) is 0 Å². The van der Waals surface area contributed by atoms with E-state index in [9.17, 15) is 9.59 Å². The van der Waals surface area contributed by atoms with Gasteiger partial charge in [0.15, 0.2) is 0 Å². The average Bonchev–Trinajstić information content (AvgIpc) is 2.52. The molecule has 0 fully saturated rings. The highest BCUT2D eigenvalue weighted by molar-refractivity contribution is 5.88. The van der Waals surface area contributed by atoms with E-state index in [0.29, 0.717) is 13.0 Å². The number of nitrogens with zero attached hydrogens (tertiary/aromatic N) is 1. The van der Waals surface area contributed by atoms with Crippen molar-refractivity contribution < 1.29 is 14.3 Å². The lowest BCUT2D eigenvalue weighted by atomic mass is 9.93. The number of likely N-dealkylation sites (N-methyl/N-ethyl adjacent to an activating group) is 1. The van der Waals surface area contributed by atoms with Crippen LogP contribution in [0.2, 0.25) is 0 Å². The molecule has 0 saturated heterocycles. The standard InChI is InChI=1S/C18H26N2O3/c1-14(19-17(21)11-8-12-20(2)3)16(18(22)23-4)13-15-9-6-5-7-10-15/h5-11,14,16H,12-13H2,1-4H3,(H,19,21)/b11-8+. The molecule has 0 aliphatic rings. The molecule has 2 atom stereocenters. The van der Waals surface area contributed by atoms with Gasteiger partial charge in [-0.1, -0.05) is 36.4 Å². The smallest absolute Gasteiger partial charge is 0.311 e. The molecule has 1 amide bonds. The minimum atomic E-state index is -0.423. The summed E-state index contributed by atoms with van der Waals surface area (Å²) in [5.74, 6) is -0.950. The lowest BCUT2D eigenvalue weighted by Crippen LogP contribution is -2.42. The van der Waals surface area contributed by atoms with Crippen LogP contribution in [0, 0.1) is 5.92 Å². The second-order valence-corrected chi connectivity index (χ2v) is 5.78. The predicted molar refractivity (Wildman–Crippen MR) is 91.0 cm³/mol. The van der Waals surface area contributed by atoms with E-state index in [1.807, 2.05) is 56.3 Å². The maximum Gasteiger partial charge on any atom is 0.311 e. The first-order valence-corrected chi connectivity index (χ1v) is 7.67. The van der Waals surface area contributed by atoms with E-state index in [1.54, 1.807) is 6.08 Å². The lowest BCUT2D eigenvalue weighted by molar-refractivity contribution is -0.146. The SMILES string of the molecule is COC(=O)C(Cc1ccccc1)C(C)NC(=O)/C=C/CN(C)C. The van der Waals surface area contributed by atoms with Gasteiger partial charge >= 0.3 is 5.97 Å². The Kier molecular flexibility index (Phi) is 8.05. The van der Waals surface area contributed by atoms with E-state index in [4.69, 9.17) is 4.74 Å². The molecular formula is C18H26N2O3. The van der Waals surface area contributed by atoms with Gasteiger partial charge in [-0.2, -0.15) is 0 Å². The molecule has 0 bridgehead atoms. The zero-order valence-electron chi connectivity index (χ0n) is 14.3. The number of methoxy groups -OCH3 is 1. The monoisotopic (exact) mass is 318 g/mol. The summed E-state index contributed by atoms with van der Waals surface area (Å²) >= 11 is 0. The molecule has 0 heterocycles. The van der Waals surface area contributed by atoms with Crippen molar-refractivity contribution in [1.82, 2.24) is 10.2 Å². The van der Waals surface area contributed by atoms with Crippen molar-refractivity contribution in [3.05, 3.63) is 48.0 Å². The number of carbonyl (C=O) groups excluding carboxylic acids is 2. The minimum Gasteiger partial charge on any atom is -0.469 e. The Labute approximate surface area is 138 Å². The molecule has 1 N–H and O–H groups in total. The summed E-state index contributed by atoms with van der Waals surface area (Å²) in [5.41, 5.74) is 1.03. The van der Waals surface area contributed by atoms with E-state index in [2.05, 4.69) is 5.32 Å². The molecule has 0 radical (unpaired) electrons. The van der Waals surface area contributed by atoms with Gasteiger partial charge in [0.25, 0.3) is 0 Å². The molecule has 0 saturated carbocycles. The highest BCUT2D eigenvalue weighted by Gasteiger charge is 2.27. The Morgan fingerprint density at radius 2 is 1.91 bits per heavy atom. The number of esters is 1. The topological polar surface area (TPSA) is 58.6 Å². The van der Waals surface area contributed by atoms with Crippen molar-refractivity contribution in [2.75, 3.05) is 27.7 Å². The molecule has 5 heteroatoms. The molecule has 126 valence electrons. The van der Waals surface area contributed by atoms with E-state index in [1.165, 1.54) is 13.2 Å². The third-order valence-corrected chi connectivity index (χ3v) is 3.52. The highest BCUT2D eigenvalue weighted by Crippen LogP contribution is 2.14. The van der Waals surface area contributed by atoms with Crippen LogP contribution in [0.15, 0.2) is 42.5 Å². The summed E-state index contributed by atoms with van der Waals surface area (Å²) in [6.07, 6.45) is 3.80. The van der Waals surface area contributed by atoms with Crippen molar-refractivity contribution in [2.45, 2.75) is 19.4 Å². The molecule has 0 spiro atoms. The van der Waals surface area contributed by atoms with E-state index >= 15 is 0 Å². The van der Waals surface area contributed by atoms with Gasteiger partial charge in [0, 0.05) is 18.7 Å². The third-order valence-electron chi connectivity index (χ3n) is 3.52. The van der Waals surface area contributed by atoms with Crippen LogP contribution in [0.5, 0.6) is 0 Å². The number of rotatable bonds is 8. The molecule has 2 unspecified atom stereocenters. The Bertz CT molecular complexity index is 526. The molecule has 0 aliphatic heterocycles. The summed E-state index contributed by atoms with van der Waals surface area (Å²) in [5, 5.41) is 2.84. The number of benzene rings is 1. The number of carbonyl (C=O) groups is 2. The van der Waals surface area contributed by atoms with Crippen LogP contribution in [-0.4, -0.2) is 50.6 Å². The highest BCUT2D eigenvalue weighted by atomic mass is 16.5. The van der Waals surface area contributed by atoms with Crippen LogP contribution in [-0.2, 0) is 20.7 Å². The number of ether oxygens (including phenoxy) is 1. The van der Waals surface area contributed by atoms with Crippen LogP contribution in [0.3, 0.4) is 0 Å². The fraction of sp³-hybridized carbons (Fsp3) is 0.444. The van der Waals surface area contributed by atoms with Gasteiger partial charge in [-0.3, -0.25) is 9.59 Å². The van der Waals surface area contributed by atoms with Gasteiger partial charge in [-0.25, -0.2) is 0 Å². The van der Waals surface area contributed by atoms with Crippen molar-refractivity contribution in [2.24, 2.45) is 5.92 Å². The van der Waals surface area contributed by atoms with Crippen LogP contribution in [0.4, 0.5) is 0 Å². The summed E-state index contributed by atoms with van der Waals surface area (Å²) in [6, 6.07) is 9.38. The van der Waals surface area contributed by atoms with Gasteiger partial charge in [-0.05, 0) is 33.0 Å². The van der Waals surface area contributed by atoms with Gasteiger partial charge in [0.1, 0.15) is 0 Å². The van der Waals surface area contributed by atoms with Crippen LogP contribution in [0.1, 0.15) is 12.5 Å². The van der Waals surface area contributed by atoms with Crippen LogP contribution >= 0.6 is 0 Å². The van der Waals surface area contributed by atoms with E-state index in [0.717, 1.165) is 5.56 Å². The van der Waals surface area contributed by atoms with Gasteiger partial charge in [0.2, 0.25) is 5.91 Å². The first kappa shape index (κ1) is 18.9. The van der Waals surface area contributed by atoms with Crippen molar-refractivity contribution in [3.63, 3.8) is 0 Å². The Balaban J connectivity index is 2.69. The third kappa shape index (κ3) is 7.10. The summed E-state index contributed by atoms with van der Waals surface area (Å²) < 4.78 is 4.88. The van der Waals surface area contributed by atoms with Crippen molar-refractivity contribution in [1.29, 1.82) is 0 Å². The zero-order valence-corrected chi connectivity index (χ0v) is 14.3. The van der Waals surface area contributed by atoms with Crippen molar-refractivity contribution >= 4 is 11.9 Å². The minimum absolute atomic E-state index is 0.207. The average molecular weight is 318 g/mol. The van der Waals surface area contributed by atoms with Gasteiger partial charge < -0.3 is 15.0 Å². The summed E-state index contributed by atoms with van der Waals surface area (Å²) in [6.45, 7) is 2.51. The Morgan fingerprint density at radius 3 is 2.48 bits per heavy atom. The Hall–Kier alpha value is -2.14. The molecule has 1 rings (SSSR count). The van der Waals surface area contributed by atoms with E-state index in [-0.39, 0.29) is 17.9 Å². The Morgan fingerprint density at radius 1 is 1.26 bits per heavy atom. The van der Waals surface area contributed by atoms with E-state index < -0.39 is 5.92 Å². The fourth-order valence-corrected chi connectivity index (χ4v) is 2.23. The second kappa shape index (κ2) is 9.79. The van der Waals surface area contributed by atoms with Crippen molar-refractivity contribution in [3.8, 4) is 0 Å². The number of hydrogen-bond donors (Lipinski definition) is 1. The maximum absolute atomic E-state index is 12.0. The molecule has 1 aromatic carbocycles. The van der Waals surface area contributed by atoms with Gasteiger partial charge in [0.05, 0.1) is 13.0 Å². The molecule has 0 aromatic heterocycles. The molecule has 0 aliphatic carbocycles. The molecule has 1 aromatic rings. The second-order valence-electron chi connectivity index (χ2n) is 5.78. The molecule has 5 nitrogen and oxygen atoms in total. The summed E-state index contributed by atoms with van der Waals surface area (Å²) in [4.78, 5) is 25.9. The number of nitrogens with one attached hydrogen (secondary N) is 1. The number of amides is 1. The summed E-state index contributed by atoms with van der Waals surface area (Å²) in [7, 11) is 5.22. The quantitative estimate of drug-likeness (QED) is 0.585. The fourth-order valence-electron chi connectivity index (χ4n) is 2.23. The van der Waals surface area contributed by atoms with Crippen LogP contribution < -0.4 is 5.32 Å². The largest absolute Gasteiger partial charge is 0.469 e. The predicted octanol–water partition coefficient (Wildman–Crippen LogP) is 1.64. The lowest BCUT2D eigenvalue weighted by Gasteiger charge is -2.22.